The van der Waals surface area contributed by atoms with Gasteiger partial charge in [0.25, 0.3) is 0 Å². The van der Waals surface area contributed by atoms with E-state index in [4.69, 9.17) is 9.52 Å². The normalized spacial score (nSPS) is 12.8. The molecule has 1 aromatic carbocycles. The maximum absolute atomic E-state index is 11.6. The minimum atomic E-state index is -0.724. The smallest absolute Gasteiger partial charge is 0.336 e. The molecule has 0 saturated heterocycles. The van der Waals surface area contributed by atoms with Crippen molar-refractivity contribution in [2.45, 2.75) is 25.2 Å². The van der Waals surface area contributed by atoms with Crippen molar-refractivity contribution in [1.29, 1.82) is 0 Å². The molecule has 2 N–H and O–H groups in total. The minimum Gasteiger partial charge on any atom is -0.423 e. The SMILES string of the molecule is CCc1ccc2c(CSCC(O)CO)cc(=O)oc2c1. The average Bonchev–Trinajstić information content (AvgIpc) is 2.45. The van der Waals surface area contributed by atoms with Crippen molar-refractivity contribution in [2.75, 3.05) is 12.4 Å². The highest BCUT2D eigenvalue weighted by Crippen LogP contribution is 2.23. The van der Waals surface area contributed by atoms with Crippen molar-refractivity contribution >= 4 is 22.7 Å². The standard InChI is InChI=1S/C15H18O4S/c1-2-10-3-4-13-11(8-20-9-12(17)7-16)6-15(18)19-14(13)5-10/h3-6,12,16-17H,2,7-9H2,1H3. The first-order valence-corrected chi connectivity index (χ1v) is 7.71. The van der Waals surface area contributed by atoms with Gasteiger partial charge in [0.1, 0.15) is 5.58 Å². The van der Waals surface area contributed by atoms with Gasteiger partial charge in [-0.05, 0) is 23.6 Å². The van der Waals surface area contributed by atoms with E-state index in [2.05, 4.69) is 6.92 Å². The van der Waals surface area contributed by atoms with Crippen molar-refractivity contribution in [2.24, 2.45) is 0 Å². The van der Waals surface area contributed by atoms with Gasteiger partial charge in [0, 0.05) is 23.0 Å². The highest BCUT2D eigenvalue weighted by Gasteiger charge is 2.08. The third-order valence-electron chi connectivity index (χ3n) is 3.08. The number of aliphatic hydroxyl groups excluding tert-OH is 2. The van der Waals surface area contributed by atoms with Gasteiger partial charge in [-0.1, -0.05) is 19.1 Å². The second-order valence-corrected chi connectivity index (χ2v) is 5.66. The van der Waals surface area contributed by atoms with Gasteiger partial charge in [-0.2, -0.15) is 11.8 Å². The van der Waals surface area contributed by atoms with E-state index >= 15 is 0 Å². The van der Waals surface area contributed by atoms with Crippen molar-refractivity contribution in [1.82, 2.24) is 0 Å². The number of hydrogen-bond acceptors (Lipinski definition) is 5. The van der Waals surface area contributed by atoms with Crippen LogP contribution in [0.3, 0.4) is 0 Å². The minimum absolute atomic E-state index is 0.245. The molecule has 0 saturated carbocycles. The molecule has 2 aromatic rings. The molecule has 0 fully saturated rings. The third kappa shape index (κ3) is 3.62. The largest absolute Gasteiger partial charge is 0.423 e. The summed E-state index contributed by atoms with van der Waals surface area (Å²) in [6.07, 6.45) is 0.166. The van der Waals surface area contributed by atoms with E-state index in [9.17, 15) is 9.90 Å². The molecular weight excluding hydrogens is 276 g/mol. The maximum atomic E-state index is 11.6. The Morgan fingerprint density at radius 2 is 2.15 bits per heavy atom. The molecule has 0 aliphatic heterocycles. The van der Waals surface area contributed by atoms with Crippen molar-refractivity contribution < 1.29 is 14.6 Å². The number of hydrogen-bond donors (Lipinski definition) is 2. The Hall–Kier alpha value is -1.30. The highest BCUT2D eigenvalue weighted by atomic mass is 32.2. The summed E-state index contributed by atoms with van der Waals surface area (Å²) in [5.41, 5.74) is 2.27. The van der Waals surface area contributed by atoms with Gasteiger partial charge >= 0.3 is 5.63 Å². The van der Waals surface area contributed by atoms with Crippen molar-refractivity contribution in [3.63, 3.8) is 0 Å². The Labute approximate surface area is 121 Å². The van der Waals surface area contributed by atoms with E-state index in [1.165, 1.54) is 17.8 Å². The predicted octanol–water partition coefficient (Wildman–Crippen LogP) is 1.94. The van der Waals surface area contributed by atoms with Gasteiger partial charge in [0.05, 0.1) is 12.7 Å². The number of aryl methyl sites for hydroxylation is 1. The lowest BCUT2D eigenvalue weighted by molar-refractivity contribution is 0.113. The molecule has 0 radical (unpaired) electrons. The number of benzene rings is 1. The summed E-state index contributed by atoms with van der Waals surface area (Å²) in [6.45, 7) is 1.81. The summed E-state index contributed by atoms with van der Waals surface area (Å²) in [5.74, 6) is 1.04. The van der Waals surface area contributed by atoms with E-state index in [0.717, 1.165) is 22.9 Å². The van der Waals surface area contributed by atoms with E-state index in [-0.39, 0.29) is 12.2 Å². The lowest BCUT2D eigenvalue weighted by atomic mass is 10.1. The molecule has 1 atom stereocenters. The Kier molecular flexibility index (Phi) is 5.23. The topological polar surface area (TPSA) is 70.7 Å². The number of fused-ring (bicyclic) bond motifs is 1. The van der Waals surface area contributed by atoms with Crippen LogP contribution in [0.15, 0.2) is 33.5 Å². The average molecular weight is 294 g/mol. The van der Waals surface area contributed by atoms with Crippen LogP contribution in [0.5, 0.6) is 0 Å². The molecule has 0 aliphatic carbocycles. The summed E-state index contributed by atoms with van der Waals surface area (Å²) in [6, 6.07) is 7.38. The van der Waals surface area contributed by atoms with Crippen LogP contribution in [0, 0.1) is 0 Å². The maximum Gasteiger partial charge on any atom is 0.336 e. The van der Waals surface area contributed by atoms with Crippen LogP contribution >= 0.6 is 11.8 Å². The summed E-state index contributed by atoms with van der Waals surface area (Å²) >= 11 is 1.48. The Bertz CT molecular complexity index is 635. The number of thioether (sulfide) groups is 1. The van der Waals surface area contributed by atoms with Crippen LogP contribution in [0.4, 0.5) is 0 Å². The molecule has 0 spiro atoms. The third-order valence-corrected chi connectivity index (χ3v) is 4.22. The first-order valence-electron chi connectivity index (χ1n) is 6.56. The van der Waals surface area contributed by atoms with Gasteiger partial charge < -0.3 is 14.6 Å². The Balaban J connectivity index is 2.26. The van der Waals surface area contributed by atoms with E-state index in [0.29, 0.717) is 17.1 Å². The molecule has 0 aliphatic rings. The molecule has 1 unspecified atom stereocenters. The van der Waals surface area contributed by atoms with E-state index < -0.39 is 6.10 Å². The summed E-state index contributed by atoms with van der Waals surface area (Å²) in [7, 11) is 0. The van der Waals surface area contributed by atoms with Gasteiger partial charge in [0.15, 0.2) is 0 Å². The molecule has 20 heavy (non-hydrogen) atoms. The number of rotatable bonds is 6. The van der Waals surface area contributed by atoms with Gasteiger partial charge in [-0.15, -0.1) is 0 Å². The van der Waals surface area contributed by atoms with Crippen LogP contribution in [0.1, 0.15) is 18.1 Å². The van der Waals surface area contributed by atoms with Crippen molar-refractivity contribution in [3.8, 4) is 0 Å². The Morgan fingerprint density at radius 1 is 1.35 bits per heavy atom. The van der Waals surface area contributed by atoms with Gasteiger partial charge in [-0.25, -0.2) is 4.79 Å². The molecule has 0 amide bonds. The predicted molar refractivity (Wildman–Crippen MR) is 81.1 cm³/mol. The highest BCUT2D eigenvalue weighted by molar-refractivity contribution is 7.98. The fraction of sp³-hybridized carbons (Fsp3) is 0.400. The van der Waals surface area contributed by atoms with Crippen LogP contribution < -0.4 is 5.63 Å². The van der Waals surface area contributed by atoms with E-state index in [1.807, 2.05) is 18.2 Å². The second kappa shape index (κ2) is 6.92. The zero-order valence-corrected chi connectivity index (χ0v) is 12.2. The molecule has 2 rings (SSSR count). The summed E-state index contributed by atoms with van der Waals surface area (Å²) < 4.78 is 5.24. The molecule has 108 valence electrons. The summed E-state index contributed by atoms with van der Waals surface area (Å²) in [5, 5.41) is 19.0. The first kappa shape index (κ1) is 15.1. The van der Waals surface area contributed by atoms with Crippen molar-refractivity contribution in [3.05, 3.63) is 45.8 Å². The molecule has 0 bridgehead atoms. The zero-order valence-electron chi connectivity index (χ0n) is 11.3. The van der Waals surface area contributed by atoms with E-state index in [1.54, 1.807) is 0 Å². The number of aliphatic hydroxyl groups is 2. The van der Waals surface area contributed by atoms with Gasteiger partial charge in [0.2, 0.25) is 0 Å². The quantitative estimate of drug-likeness (QED) is 0.797. The molecule has 5 heteroatoms. The molecule has 4 nitrogen and oxygen atoms in total. The molecule has 1 aromatic heterocycles. The monoisotopic (exact) mass is 294 g/mol. The van der Waals surface area contributed by atoms with Crippen LogP contribution in [-0.4, -0.2) is 28.7 Å². The summed E-state index contributed by atoms with van der Waals surface area (Å²) in [4.78, 5) is 11.6. The molecule has 1 heterocycles. The van der Waals surface area contributed by atoms with Crippen LogP contribution in [0.2, 0.25) is 0 Å². The second-order valence-electron chi connectivity index (χ2n) is 4.63. The Morgan fingerprint density at radius 3 is 2.85 bits per heavy atom. The van der Waals surface area contributed by atoms with Gasteiger partial charge in [-0.3, -0.25) is 0 Å². The zero-order chi connectivity index (χ0) is 14.5. The fourth-order valence-electron chi connectivity index (χ4n) is 1.97. The lowest BCUT2D eigenvalue weighted by Crippen LogP contribution is -2.14. The van der Waals surface area contributed by atoms with Crippen LogP contribution in [0.25, 0.3) is 11.0 Å². The van der Waals surface area contributed by atoms with Crippen LogP contribution in [-0.2, 0) is 12.2 Å². The molecular formula is C15H18O4S. The fourth-order valence-corrected chi connectivity index (χ4v) is 2.93. The lowest BCUT2D eigenvalue weighted by Gasteiger charge is -2.08. The first-order chi connectivity index (χ1) is 9.63.